The van der Waals surface area contributed by atoms with Gasteiger partial charge in [0.05, 0.1) is 5.69 Å². The van der Waals surface area contributed by atoms with E-state index in [0.29, 0.717) is 11.3 Å². The van der Waals surface area contributed by atoms with Crippen molar-refractivity contribution in [2.24, 2.45) is 7.05 Å². The largest absolute Gasteiger partial charge is 0.478 e. The summed E-state index contributed by atoms with van der Waals surface area (Å²) in [6.07, 6.45) is 0.736. The van der Waals surface area contributed by atoms with Crippen LogP contribution < -0.4 is 10.1 Å². The zero-order valence-electron chi connectivity index (χ0n) is 13.4. The Bertz CT molecular complexity index is 793. The SMILES string of the molecule is CCc1cc(C(=O)NCc2cccc(OCC#CCl)c2F)n(C)n1. The molecule has 1 aromatic carbocycles. The fourth-order valence-electron chi connectivity index (χ4n) is 2.12. The minimum absolute atomic E-state index is 0.00888. The summed E-state index contributed by atoms with van der Waals surface area (Å²) in [5.74, 6) is 1.69. The number of nitrogens with one attached hydrogen (secondary N) is 1. The molecule has 0 bridgehead atoms. The molecule has 0 saturated heterocycles. The van der Waals surface area contributed by atoms with Crippen LogP contribution in [0.5, 0.6) is 5.75 Å². The van der Waals surface area contributed by atoms with Gasteiger partial charge in [0.2, 0.25) is 0 Å². The van der Waals surface area contributed by atoms with Gasteiger partial charge in [0.1, 0.15) is 12.3 Å². The summed E-state index contributed by atoms with van der Waals surface area (Å²) < 4.78 is 21.0. The first kappa shape index (κ1) is 17.8. The van der Waals surface area contributed by atoms with E-state index in [4.69, 9.17) is 16.3 Å². The van der Waals surface area contributed by atoms with Gasteiger partial charge in [-0.05, 0) is 36.1 Å². The van der Waals surface area contributed by atoms with Gasteiger partial charge < -0.3 is 10.1 Å². The van der Waals surface area contributed by atoms with E-state index in [1.165, 1.54) is 10.7 Å². The van der Waals surface area contributed by atoms with Gasteiger partial charge in [-0.3, -0.25) is 9.48 Å². The van der Waals surface area contributed by atoms with Crippen LogP contribution in [0.25, 0.3) is 0 Å². The highest BCUT2D eigenvalue weighted by atomic mass is 35.5. The fraction of sp³-hybridized carbons (Fsp3) is 0.294. The van der Waals surface area contributed by atoms with Gasteiger partial charge in [0.25, 0.3) is 5.91 Å². The number of amides is 1. The number of ether oxygens (including phenoxy) is 1. The predicted molar refractivity (Wildman–Crippen MR) is 89.3 cm³/mol. The molecule has 0 atom stereocenters. The van der Waals surface area contributed by atoms with Crippen molar-refractivity contribution in [1.82, 2.24) is 15.1 Å². The van der Waals surface area contributed by atoms with E-state index in [-0.39, 0.29) is 24.8 Å². The molecule has 0 radical (unpaired) electrons. The molecule has 126 valence electrons. The summed E-state index contributed by atoms with van der Waals surface area (Å²) in [5.41, 5.74) is 1.57. The Morgan fingerprint density at radius 3 is 2.96 bits per heavy atom. The third-order valence-corrected chi connectivity index (χ3v) is 3.51. The number of hydrogen-bond acceptors (Lipinski definition) is 3. The van der Waals surface area contributed by atoms with Crippen LogP contribution in [0.4, 0.5) is 4.39 Å². The lowest BCUT2D eigenvalue weighted by Gasteiger charge is -2.09. The second kappa shape index (κ2) is 8.37. The van der Waals surface area contributed by atoms with Crippen molar-refractivity contribution in [1.29, 1.82) is 0 Å². The number of aromatic nitrogens is 2. The van der Waals surface area contributed by atoms with Crippen molar-refractivity contribution in [3.05, 3.63) is 47.0 Å². The topological polar surface area (TPSA) is 56.1 Å². The van der Waals surface area contributed by atoms with E-state index in [1.807, 2.05) is 6.92 Å². The third kappa shape index (κ3) is 4.27. The molecule has 5 nitrogen and oxygen atoms in total. The van der Waals surface area contributed by atoms with Gasteiger partial charge in [0.15, 0.2) is 11.6 Å². The molecule has 0 aliphatic rings. The van der Waals surface area contributed by atoms with Crippen molar-refractivity contribution in [3.8, 4) is 17.0 Å². The summed E-state index contributed by atoms with van der Waals surface area (Å²) in [5, 5.41) is 9.05. The average Bonchev–Trinajstić information content (AvgIpc) is 2.96. The minimum Gasteiger partial charge on any atom is -0.478 e. The Kier molecular flexibility index (Phi) is 6.21. The molecule has 24 heavy (non-hydrogen) atoms. The van der Waals surface area contributed by atoms with Crippen LogP contribution in [0.2, 0.25) is 0 Å². The molecular weight excluding hydrogens is 333 g/mol. The standard InChI is InChI=1S/C17H17ClFN3O2/c1-3-13-10-14(22(2)21-13)17(23)20-11-12-6-4-7-15(16(12)19)24-9-5-8-18/h4,6-7,10H,3,9,11H2,1-2H3,(H,20,23). The molecule has 1 amide bonds. The molecule has 0 aliphatic heterocycles. The normalized spacial score (nSPS) is 10.0. The van der Waals surface area contributed by atoms with Crippen molar-refractivity contribution in [2.45, 2.75) is 19.9 Å². The highest BCUT2D eigenvalue weighted by molar-refractivity contribution is 6.30. The number of halogens is 2. The molecule has 1 aromatic heterocycles. The van der Waals surface area contributed by atoms with Crippen LogP contribution in [-0.4, -0.2) is 22.3 Å². The molecule has 2 rings (SSSR count). The van der Waals surface area contributed by atoms with E-state index in [1.54, 1.807) is 25.2 Å². The number of hydrogen-bond donors (Lipinski definition) is 1. The monoisotopic (exact) mass is 349 g/mol. The number of rotatable bonds is 6. The molecule has 2 aromatic rings. The predicted octanol–water partition coefficient (Wildman–Crippen LogP) is 2.63. The molecule has 1 heterocycles. The first-order valence-corrected chi connectivity index (χ1v) is 7.74. The van der Waals surface area contributed by atoms with Gasteiger partial charge in [-0.1, -0.05) is 19.1 Å². The third-order valence-electron chi connectivity index (χ3n) is 3.37. The van der Waals surface area contributed by atoms with Crippen LogP contribution in [0.15, 0.2) is 24.3 Å². The maximum atomic E-state index is 14.3. The number of benzene rings is 1. The molecule has 0 unspecified atom stereocenters. The lowest BCUT2D eigenvalue weighted by molar-refractivity contribution is 0.0941. The Hall–Kier alpha value is -2.52. The Labute approximate surface area is 144 Å². The van der Waals surface area contributed by atoms with Crippen molar-refractivity contribution < 1.29 is 13.9 Å². The van der Waals surface area contributed by atoms with Gasteiger partial charge in [-0.2, -0.15) is 5.10 Å². The maximum absolute atomic E-state index is 14.3. The summed E-state index contributed by atoms with van der Waals surface area (Å²) >= 11 is 5.22. The summed E-state index contributed by atoms with van der Waals surface area (Å²) in [7, 11) is 1.70. The molecule has 0 spiro atoms. The first-order chi connectivity index (χ1) is 11.6. The van der Waals surface area contributed by atoms with Crippen LogP contribution in [0.3, 0.4) is 0 Å². The average molecular weight is 350 g/mol. The van der Waals surface area contributed by atoms with Crippen LogP contribution in [0, 0.1) is 17.1 Å². The maximum Gasteiger partial charge on any atom is 0.269 e. The van der Waals surface area contributed by atoms with Gasteiger partial charge in [-0.15, -0.1) is 0 Å². The van der Waals surface area contributed by atoms with Gasteiger partial charge in [-0.25, -0.2) is 4.39 Å². The van der Waals surface area contributed by atoms with Gasteiger partial charge >= 0.3 is 0 Å². The van der Waals surface area contributed by atoms with E-state index in [9.17, 15) is 9.18 Å². The van der Waals surface area contributed by atoms with E-state index < -0.39 is 5.82 Å². The smallest absolute Gasteiger partial charge is 0.269 e. The van der Waals surface area contributed by atoms with Crippen molar-refractivity contribution in [3.63, 3.8) is 0 Å². The van der Waals surface area contributed by atoms with E-state index in [2.05, 4.69) is 21.7 Å². The summed E-state index contributed by atoms with van der Waals surface area (Å²) in [6.45, 7) is 1.99. The lowest BCUT2D eigenvalue weighted by atomic mass is 10.2. The second-order valence-corrected chi connectivity index (χ2v) is 5.16. The number of carbonyl (C=O) groups excluding carboxylic acids is 1. The number of nitrogens with zero attached hydrogens (tertiary/aromatic N) is 2. The number of carbonyl (C=O) groups is 1. The van der Waals surface area contributed by atoms with Crippen LogP contribution in [-0.2, 0) is 20.0 Å². The first-order valence-electron chi connectivity index (χ1n) is 7.36. The zero-order valence-corrected chi connectivity index (χ0v) is 14.2. The minimum atomic E-state index is -0.534. The molecule has 1 N–H and O–H groups in total. The lowest BCUT2D eigenvalue weighted by Crippen LogP contribution is -2.25. The van der Waals surface area contributed by atoms with Gasteiger partial charge in [0, 0.05) is 24.5 Å². The van der Waals surface area contributed by atoms with Crippen molar-refractivity contribution in [2.75, 3.05) is 6.61 Å². The summed E-state index contributed by atoms with van der Waals surface area (Å²) in [4.78, 5) is 12.2. The van der Waals surface area contributed by atoms with E-state index >= 15 is 0 Å². The Morgan fingerprint density at radius 1 is 1.50 bits per heavy atom. The van der Waals surface area contributed by atoms with Crippen LogP contribution in [0.1, 0.15) is 28.7 Å². The molecule has 0 aliphatic carbocycles. The molecule has 0 fully saturated rings. The van der Waals surface area contributed by atoms with Crippen LogP contribution >= 0.6 is 11.6 Å². The highest BCUT2D eigenvalue weighted by Crippen LogP contribution is 2.20. The molecule has 7 heteroatoms. The van der Waals surface area contributed by atoms with E-state index in [0.717, 1.165) is 12.1 Å². The highest BCUT2D eigenvalue weighted by Gasteiger charge is 2.14. The van der Waals surface area contributed by atoms with Crippen molar-refractivity contribution >= 4 is 17.5 Å². The second-order valence-electron chi connectivity index (χ2n) is 4.97. The quantitative estimate of drug-likeness (QED) is 0.816. The summed E-state index contributed by atoms with van der Waals surface area (Å²) in [6, 6.07) is 6.44. The molecule has 0 saturated carbocycles. The zero-order chi connectivity index (χ0) is 17.5. The Morgan fingerprint density at radius 2 is 2.29 bits per heavy atom. The Balaban J connectivity index is 2.05. The molecular formula is C17H17ClFN3O2. The fourth-order valence-corrected chi connectivity index (χ4v) is 2.18. The number of aryl methyl sites for hydroxylation is 2.